The molecule has 1 unspecified atom stereocenters. The van der Waals surface area contributed by atoms with E-state index in [1.54, 1.807) is 0 Å². The van der Waals surface area contributed by atoms with Crippen molar-refractivity contribution >= 4 is 17.5 Å². The van der Waals surface area contributed by atoms with Crippen LogP contribution in [-0.2, 0) is 9.59 Å². The van der Waals surface area contributed by atoms with Gasteiger partial charge in [-0.05, 0) is 56.2 Å². The topological polar surface area (TPSA) is 78.4 Å². The van der Waals surface area contributed by atoms with Gasteiger partial charge in [0.25, 0.3) is 0 Å². The normalized spacial score (nSPS) is 11.7. The maximum absolute atomic E-state index is 12.2. The molecule has 0 aromatic heterocycles. The minimum Gasteiger partial charge on any atom is -0.396 e. The van der Waals surface area contributed by atoms with Crippen molar-refractivity contribution in [2.75, 3.05) is 18.5 Å². The van der Waals surface area contributed by atoms with Crippen molar-refractivity contribution < 1.29 is 14.7 Å². The number of rotatable bonds is 7. The molecule has 2 rings (SSSR count). The Morgan fingerprint density at radius 1 is 0.963 bits per heavy atom. The summed E-state index contributed by atoms with van der Waals surface area (Å²) in [5.74, 6) is -1.17. The maximum atomic E-state index is 12.2. The van der Waals surface area contributed by atoms with Crippen LogP contribution in [0.2, 0.25) is 0 Å². The Labute approximate surface area is 160 Å². The Kier molecular flexibility index (Phi) is 7.55. The molecular formula is C22H28N2O3. The molecule has 0 fully saturated rings. The highest BCUT2D eigenvalue weighted by Crippen LogP contribution is 2.23. The Hall–Kier alpha value is -2.66. The highest BCUT2D eigenvalue weighted by Gasteiger charge is 2.17. The molecular weight excluding hydrogens is 340 g/mol. The molecule has 0 spiro atoms. The van der Waals surface area contributed by atoms with Crippen LogP contribution < -0.4 is 10.6 Å². The molecule has 2 aromatic rings. The summed E-state index contributed by atoms with van der Waals surface area (Å²) < 4.78 is 0. The summed E-state index contributed by atoms with van der Waals surface area (Å²) in [5.41, 5.74) is 4.78. The molecule has 0 aliphatic heterocycles. The number of carbonyl (C=O) groups excluding carboxylic acids is 2. The van der Waals surface area contributed by atoms with Gasteiger partial charge in [0.05, 0.1) is 0 Å². The number of anilines is 1. The third-order valence-electron chi connectivity index (χ3n) is 4.65. The fourth-order valence-corrected chi connectivity index (χ4v) is 3.35. The van der Waals surface area contributed by atoms with Gasteiger partial charge in [-0.15, -0.1) is 0 Å². The minimum absolute atomic E-state index is 0.0833. The van der Waals surface area contributed by atoms with Crippen LogP contribution in [0.5, 0.6) is 0 Å². The molecule has 1 atom stereocenters. The third kappa shape index (κ3) is 5.93. The van der Waals surface area contributed by atoms with E-state index in [9.17, 15) is 14.7 Å². The second-order valence-electron chi connectivity index (χ2n) is 6.89. The van der Waals surface area contributed by atoms with Crippen LogP contribution in [-0.4, -0.2) is 30.1 Å². The number of aliphatic hydroxyl groups is 1. The molecule has 0 radical (unpaired) electrons. The summed E-state index contributed by atoms with van der Waals surface area (Å²) in [5, 5.41) is 14.7. The van der Waals surface area contributed by atoms with Gasteiger partial charge in [0, 0.05) is 18.8 Å². The molecule has 0 aliphatic rings. The van der Waals surface area contributed by atoms with Crippen molar-refractivity contribution in [3.05, 3.63) is 64.7 Å². The first-order valence-corrected chi connectivity index (χ1v) is 9.25. The molecule has 3 N–H and O–H groups in total. The maximum Gasteiger partial charge on any atom is 0.313 e. The lowest BCUT2D eigenvalue weighted by Crippen LogP contribution is -2.36. The van der Waals surface area contributed by atoms with E-state index in [-0.39, 0.29) is 12.5 Å². The van der Waals surface area contributed by atoms with E-state index in [0.717, 1.165) is 22.3 Å². The van der Waals surface area contributed by atoms with E-state index in [2.05, 4.69) is 10.6 Å². The van der Waals surface area contributed by atoms with E-state index >= 15 is 0 Å². The number of aliphatic hydroxyl groups excluding tert-OH is 1. The van der Waals surface area contributed by atoms with Gasteiger partial charge in [0.2, 0.25) is 0 Å². The smallest absolute Gasteiger partial charge is 0.313 e. The monoisotopic (exact) mass is 368 g/mol. The third-order valence-corrected chi connectivity index (χ3v) is 4.65. The molecule has 0 heterocycles. The largest absolute Gasteiger partial charge is 0.396 e. The molecule has 27 heavy (non-hydrogen) atoms. The van der Waals surface area contributed by atoms with Gasteiger partial charge in [0.1, 0.15) is 0 Å². The van der Waals surface area contributed by atoms with Crippen molar-refractivity contribution in [3.8, 4) is 0 Å². The molecule has 0 saturated carbocycles. The zero-order valence-corrected chi connectivity index (χ0v) is 16.2. The van der Waals surface area contributed by atoms with Crippen molar-refractivity contribution in [1.29, 1.82) is 0 Å². The predicted molar refractivity (Wildman–Crippen MR) is 108 cm³/mol. The summed E-state index contributed by atoms with van der Waals surface area (Å²) in [4.78, 5) is 24.4. The highest BCUT2D eigenvalue weighted by molar-refractivity contribution is 6.39. The van der Waals surface area contributed by atoms with Crippen molar-refractivity contribution in [1.82, 2.24) is 5.32 Å². The van der Waals surface area contributed by atoms with Crippen LogP contribution >= 0.6 is 0 Å². The van der Waals surface area contributed by atoms with Crippen LogP contribution in [0, 0.1) is 20.8 Å². The number of benzene rings is 2. The van der Waals surface area contributed by atoms with Crippen LogP contribution in [0.25, 0.3) is 0 Å². The fourth-order valence-electron chi connectivity index (χ4n) is 3.35. The second-order valence-corrected chi connectivity index (χ2v) is 6.89. The number of hydrogen-bond donors (Lipinski definition) is 3. The van der Waals surface area contributed by atoms with Crippen LogP contribution in [0.3, 0.4) is 0 Å². The fraction of sp³-hybridized carbons (Fsp3) is 0.364. The van der Waals surface area contributed by atoms with E-state index in [1.165, 1.54) is 0 Å². The number of amides is 2. The molecule has 2 amide bonds. The number of carbonyl (C=O) groups is 2. The lowest BCUT2D eigenvalue weighted by atomic mass is 9.93. The first-order chi connectivity index (χ1) is 12.9. The van der Waals surface area contributed by atoms with Crippen LogP contribution in [0.4, 0.5) is 5.69 Å². The lowest BCUT2D eigenvalue weighted by Gasteiger charge is -2.17. The lowest BCUT2D eigenvalue weighted by molar-refractivity contribution is -0.136. The first-order valence-electron chi connectivity index (χ1n) is 9.25. The van der Waals surface area contributed by atoms with E-state index in [4.69, 9.17) is 0 Å². The van der Waals surface area contributed by atoms with Crippen LogP contribution in [0.15, 0.2) is 42.5 Å². The Bertz CT molecular complexity index is 764. The molecule has 5 nitrogen and oxygen atoms in total. The van der Waals surface area contributed by atoms with Crippen LogP contribution in [0.1, 0.15) is 41.0 Å². The number of nitrogens with one attached hydrogen (secondary N) is 2. The average Bonchev–Trinajstić information content (AvgIpc) is 2.64. The molecule has 2 aromatic carbocycles. The van der Waals surface area contributed by atoms with Gasteiger partial charge in [-0.2, -0.15) is 0 Å². The van der Waals surface area contributed by atoms with E-state index in [1.807, 2.05) is 63.2 Å². The first kappa shape index (κ1) is 20.6. The SMILES string of the molecule is Cc1cc(C)c(NC(=O)C(=O)NCCC(CCO)c2ccccc2)c(C)c1. The van der Waals surface area contributed by atoms with Gasteiger partial charge < -0.3 is 15.7 Å². The quantitative estimate of drug-likeness (QED) is 0.657. The van der Waals surface area contributed by atoms with Gasteiger partial charge in [-0.3, -0.25) is 9.59 Å². The molecule has 0 bridgehead atoms. The van der Waals surface area contributed by atoms with Gasteiger partial charge in [-0.1, -0.05) is 48.0 Å². The summed E-state index contributed by atoms with van der Waals surface area (Å²) in [6.07, 6.45) is 1.28. The number of hydrogen-bond acceptors (Lipinski definition) is 3. The molecule has 144 valence electrons. The van der Waals surface area contributed by atoms with E-state index < -0.39 is 11.8 Å². The summed E-state index contributed by atoms with van der Waals surface area (Å²) in [6, 6.07) is 13.8. The minimum atomic E-state index is -0.663. The standard InChI is InChI=1S/C22H28N2O3/c1-15-13-16(2)20(17(3)14-15)24-22(27)21(26)23-11-9-19(10-12-25)18-7-5-4-6-8-18/h4-8,13-14,19,25H,9-12H2,1-3H3,(H,23,26)(H,24,27). The Morgan fingerprint density at radius 2 is 1.59 bits per heavy atom. The van der Waals surface area contributed by atoms with E-state index in [0.29, 0.717) is 25.1 Å². The van der Waals surface area contributed by atoms with Crippen molar-refractivity contribution in [2.24, 2.45) is 0 Å². The predicted octanol–water partition coefficient (Wildman–Crippen LogP) is 3.22. The summed E-state index contributed by atoms with van der Waals surface area (Å²) in [6.45, 7) is 6.27. The van der Waals surface area contributed by atoms with Crippen molar-refractivity contribution in [2.45, 2.75) is 39.5 Å². The summed E-state index contributed by atoms with van der Waals surface area (Å²) in [7, 11) is 0. The van der Waals surface area contributed by atoms with Gasteiger partial charge in [-0.25, -0.2) is 0 Å². The summed E-state index contributed by atoms with van der Waals surface area (Å²) >= 11 is 0. The van der Waals surface area contributed by atoms with Crippen molar-refractivity contribution in [3.63, 3.8) is 0 Å². The second kappa shape index (κ2) is 9.88. The van der Waals surface area contributed by atoms with Gasteiger partial charge >= 0.3 is 11.8 Å². The molecule has 0 aliphatic carbocycles. The zero-order chi connectivity index (χ0) is 19.8. The highest BCUT2D eigenvalue weighted by atomic mass is 16.3. The molecule has 5 heteroatoms. The van der Waals surface area contributed by atoms with Gasteiger partial charge in [0.15, 0.2) is 0 Å². The number of aryl methyl sites for hydroxylation is 3. The zero-order valence-electron chi connectivity index (χ0n) is 16.2. The molecule has 0 saturated heterocycles. The average molecular weight is 368 g/mol. The Balaban J connectivity index is 1.90. The Morgan fingerprint density at radius 3 is 2.19 bits per heavy atom.